The number of hydrogen-bond donors (Lipinski definition) is 1. The van der Waals surface area contributed by atoms with E-state index < -0.39 is 0 Å². The van der Waals surface area contributed by atoms with Gasteiger partial charge in [0.15, 0.2) is 0 Å². The van der Waals surface area contributed by atoms with Gasteiger partial charge in [-0.1, -0.05) is 6.92 Å². The van der Waals surface area contributed by atoms with Crippen LogP contribution in [0.5, 0.6) is 5.75 Å². The van der Waals surface area contributed by atoms with Gasteiger partial charge in [-0.2, -0.15) is 0 Å². The smallest absolute Gasteiger partial charge is 0.117 e. The summed E-state index contributed by atoms with van der Waals surface area (Å²) < 4.78 is 2.18. The molecule has 0 fully saturated rings. The van der Waals surface area contributed by atoms with Crippen molar-refractivity contribution in [2.24, 2.45) is 0 Å². The molecule has 0 atom stereocenters. The van der Waals surface area contributed by atoms with Gasteiger partial charge in [0.2, 0.25) is 0 Å². The number of rotatable bonds is 2. The lowest BCUT2D eigenvalue weighted by atomic mass is 10.2. The Bertz CT molecular complexity index is 486. The van der Waals surface area contributed by atoms with Crippen molar-refractivity contribution in [3.05, 3.63) is 24.0 Å². The second-order valence-electron chi connectivity index (χ2n) is 4.02. The molecule has 1 aromatic heterocycles. The molecular weight excluding hydrogens is 188 g/mol. The number of phenolic OH excluding ortho intramolecular Hbond substituents is 1. The zero-order valence-corrected chi connectivity index (χ0v) is 9.36. The molecule has 0 aliphatic heterocycles. The van der Waals surface area contributed by atoms with Crippen molar-refractivity contribution >= 4 is 11.0 Å². The minimum absolute atomic E-state index is 0.298. The third-order valence-corrected chi connectivity index (χ3v) is 2.58. The summed E-state index contributed by atoms with van der Waals surface area (Å²) in [7, 11) is 0. The van der Waals surface area contributed by atoms with Crippen LogP contribution >= 0.6 is 0 Å². The van der Waals surface area contributed by atoms with Crippen molar-refractivity contribution < 1.29 is 5.11 Å². The van der Waals surface area contributed by atoms with Crippen molar-refractivity contribution in [2.45, 2.75) is 33.2 Å². The molecule has 0 bridgehead atoms. The zero-order chi connectivity index (χ0) is 11.0. The molecule has 2 aromatic rings. The van der Waals surface area contributed by atoms with E-state index in [0.717, 1.165) is 23.3 Å². The number of benzene rings is 1. The van der Waals surface area contributed by atoms with Gasteiger partial charge in [0, 0.05) is 18.5 Å². The van der Waals surface area contributed by atoms with Crippen molar-refractivity contribution in [3.63, 3.8) is 0 Å². The van der Waals surface area contributed by atoms with Crippen LogP contribution in [0.15, 0.2) is 18.2 Å². The summed E-state index contributed by atoms with van der Waals surface area (Å²) in [6, 6.07) is 5.69. The number of imidazole rings is 1. The van der Waals surface area contributed by atoms with E-state index in [9.17, 15) is 5.11 Å². The van der Waals surface area contributed by atoms with E-state index in [-0.39, 0.29) is 0 Å². The number of fused-ring (bicyclic) bond motifs is 1. The Morgan fingerprint density at radius 2 is 2.13 bits per heavy atom. The zero-order valence-electron chi connectivity index (χ0n) is 9.36. The normalized spacial score (nSPS) is 11.5. The molecule has 3 heteroatoms. The number of aromatic nitrogens is 2. The fraction of sp³-hybridized carbons (Fsp3) is 0.417. The highest BCUT2D eigenvalue weighted by atomic mass is 16.3. The minimum atomic E-state index is 0.298. The topological polar surface area (TPSA) is 38.1 Å². The van der Waals surface area contributed by atoms with E-state index in [0.29, 0.717) is 11.8 Å². The molecule has 0 amide bonds. The van der Waals surface area contributed by atoms with E-state index in [1.54, 1.807) is 12.1 Å². The Morgan fingerprint density at radius 1 is 1.40 bits per heavy atom. The van der Waals surface area contributed by atoms with Gasteiger partial charge in [0.1, 0.15) is 11.6 Å². The lowest BCUT2D eigenvalue weighted by Crippen LogP contribution is -2.05. The summed E-state index contributed by atoms with van der Waals surface area (Å²) >= 11 is 0. The third kappa shape index (κ3) is 1.58. The van der Waals surface area contributed by atoms with Gasteiger partial charge < -0.3 is 9.67 Å². The van der Waals surface area contributed by atoms with Crippen LogP contribution in [-0.4, -0.2) is 14.7 Å². The van der Waals surface area contributed by atoms with Crippen LogP contribution in [0.4, 0.5) is 0 Å². The molecule has 15 heavy (non-hydrogen) atoms. The van der Waals surface area contributed by atoms with E-state index in [2.05, 4.69) is 30.3 Å². The quantitative estimate of drug-likeness (QED) is 0.816. The number of hydrogen-bond acceptors (Lipinski definition) is 2. The largest absolute Gasteiger partial charge is 0.508 e. The molecule has 0 unspecified atom stereocenters. The lowest BCUT2D eigenvalue weighted by molar-refractivity contribution is 0.475. The third-order valence-electron chi connectivity index (χ3n) is 2.58. The number of aryl methyl sites for hydroxylation is 1. The first-order chi connectivity index (χ1) is 7.13. The van der Waals surface area contributed by atoms with Crippen molar-refractivity contribution in [3.8, 4) is 5.75 Å². The van der Waals surface area contributed by atoms with Crippen LogP contribution in [0.25, 0.3) is 11.0 Å². The molecule has 3 nitrogen and oxygen atoms in total. The first-order valence-corrected chi connectivity index (χ1v) is 5.33. The molecular formula is C12H16N2O. The Hall–Kier alpha value is -1.51. The maximum Gasteiger partial charge on any atom is 0.117 e. The second-order valence-corrected chi connectivity index (χ2v) is 4.02. The summed E-state index contributed by atoms with van der Waals surface area (Å²) in [4.78, 5) is 4.55. The monoisotopic (exact) mass is 204 g/mol. The fourth-order valence-electron chi connectivity index (χ4n) is 1.96. The highest BCUT2D eigenvalue weighted by molar-refractivity contribution is 5.77. The van der Waals surface area contributed by atoms with Gasteiger partial charge in [-0.15, -0.1) is 0 Å². The standard InChI is InChI=1S/C12H16N2O/c1-4-12-13-10-6-5-9(15)7-11(10)14(12)8(2)3/h5-8,15H,4H2,1-3H3. The average molecular weight is 204 g/mol. The molecule has 0 radical (unpaired) electrons. The predicted molar refractivity (Wildman–Crippen MR) is 61.2 cm³/mol. The van der Waals surface area contributed by atoms with Gasteiger partial charge in [-0.3, -0.25) is 0 Å². The number of aromatic hydroxyl groups is 1. The molecule has 2 rings (SSSR count). The average Bonchev–Trinajstić information content (AvgIpc) is 2.55. The molecule has 0 aliphatic rings. The molecule has 1 N–H and O–H groups in total. The van der Waals surface area contributed by atoms with Gasteiger partial charge in [-0.05, 0) is 26.0 Å². The van der Waals surface area contributed by atoms with E-state index in [1.807, 2.05) is 6.07 Å². The highest BCUT2D eigenvalue weighted by Gasteiger charge is 2.11. The summed E-state index contributed by atoms with van der Waals surface area (Å²) in [6.45, 7) is 6.36. The maximum atomic E-state index is 9.48. The fourth-order valence-corrected chi connectivity index (χ4v) is 1.96. The molecule has 0 saturated heterocycles. The van der Waals surface area contributed by atoms with Crippen molar-refractivity contribution in [1.82, 2.24) is 9.55 Å². The molecule has 1 heterocycles. The van der Waals surface area contributed by atoms with Gasteiger partial charge in [0.05, 0.1) is 11.0 Å². The van der Waals surface area contributed by atoms with Crippen LogP contribution in [0, 0.1) is 0 Å². The Kier molecular flexibility index (Phi) is 2.39. The molecule has 0 saturated carbocycles. The summed E-state index contributed by atoms with van der Waals surface area (Å²) in [5.41, 5.74) is 1.97. The molecule has 0 aliphatic carbocycles. The Morgan fingerprint density at radius 3 is 2.73 bits per heavy atom. The summed E-state index contributed by atoms with van der Waals surface area (Å²) in [5, 5.41) is 9.48. The number of nitrogens with zero attached hydrogens (tertiary/aromatic N) is 2. The first kappa shape index (κ1) is 10.0. The van der Waals surface area contributed by atoms with Crippen LogP contribution in [0.3, 0.4) is 0 Å². The van der Waals surface area contributed by atoms with E-state index in [4.69, 9.17) is 0 Å². The summed E-state index contributed by atoms with van der Waals surface area (Å²) in [6.07, 6.45) is 0.910. The summed E-state index contributed by atoms with van der Waals surface area (Å²) in [5.74, 6) is 1.37. The Labute approximate surface area is 89.4 Å². The Balaban J connectivity index is 2.76. The molecule has 80 valence electrons. The van der Waals surface area contributed by atoms with Gasteiger partial charge in [-0.25, -0.2) is 4.98 Å². The van der Waals surface area contributed by atoms with E-state index in [1.165, 1.54) is 0 Å². The number of phenols is 1. The first-order valence-electron chi connectivity index (χ1n) is 5.33. The highest BCUT2D eigenvalue weighted by Crippen LogP contribution is 2.24. The lowest BCUT2D eigenvalue weighted by Gasteiger charge is -2.11. The maximum absolute atomic E-state index is 9.48. The van der Waals surface area contributed by atoms with Crippen LogP contribution in [-0.2, 0) is 6.42 Å². The molecule has 1 aromatic carbocycles. The minimum Gasteiger partial charge on any atom is -0.508 e. The van der Waals surface area contributed by atoms with Crippen LogP contribution < -0.4 is 0 Å². The van der Waals surface area contributed by atoms with E-state index >= 15 is 0 Å². The second kappa shape index (κ2) is 3.57. The van der Waals surface area contributed by atoms with Gasteiger partial charge >= 0.3 is 0 Å². The van der Waals surface area contributed by atoms with Crippen LogP contribution in [0.1, 0.15) is 32.6 Å². The van der Waals surface area contributed by atoms with Gasteiger partial charge in [0.25, 0.3) is 0 Å². The van der Waals surface area contributed by atoms with Crippen molar-refractivity contribution in [2.75, 3.05) is 0 Å². The SMILES string of the molecule is CCc1nc2ccc(O)cc2n1C(C)C. The van der Waals surface area contributed by atoms with Crippen molar-refractivity contribution in [1.29, 1.82) is 0 Å². The van der Waals surface area contributed by atoms with Crippen LogP contribution in [0.2, 0.25) is 0 Å². The predicted octanol–water partition coefficient (Wildman–Crippen LogP) is 2.89. The molecule has 0 spiro atoms.